The Labute approximate surface area is 190 Å². The Morgan fingerprint density at radius 1 is 0.969 bits per heavy atom. The molecule has 2 aromatic rings. The SMILES string of the molecule is COc1ccc(N(C(C)C(=O)NC(C)c2ccc3c(c2)CCCC3)S(C)(=O)=O)cc1OC. The molecular weight excluding hydrogens is 428 g/mol. The number of hydrogen-bond donors (Lipinski definition) is 1. The molecule has 0 aromatic heterocycles. The standard InChI is InChI=1S/C24H32N2O5S/c1-16(19-11-10-18-8-6-7-9-20(18)14-19)25-24(27)17(2)26(32(5,28)29)21-12-13-22(30-3)23(15-21)31-4/h10-17H,6-9H2,1-5H3,(H,25,27). The monoisotopic (exact) mass is 460 g/mol. The quantitative estimate of drug-likeness (QED) is 0.650. The number of amides is 1. The molecule has 32 heavy (non-hydrogen) atoms. The zero-order valence-electron chi connectivity index (χ0n) is 19.3. The van der Waals surface area contributed by atoms with Crippen molar-refractivity contribution >= 4 is 21.6 Å². The van der Waals surface area contributed by atoms with Crippen molar-refractivity contribution in [2.45, 2.75) is 51.6 Å². The fraction of sp³-hybridized carbons (Fsp3) is 0.458. The third-order valence-electron chi connectivity index (χ3n) is 5.94. The van der Waals surface area contributed by atoms with E-state index in [1.807, 2.05) is 13.0 Å². The van der Waals surface area contributed by atoms with E-state index in [1.165, 1.54) is 38.2 Å². The molecule has 2 atom stereocenters. The van der Waals surface area contributed by atoms with Crippen LogP contribution >= 0.6 is 0 Å². The molecule has 0 aliphatic heterocycles. The smallest absolute Gasteiger partial charge is 0.244 e. The molecule has 1 aliphatic rings. The number of aryl methyl sites for hydroxylation is 2. The van der Waals surface area contributed by atoms with Crippen LogP contribution in [0.4, 0.5) is 5.69 Å². The fourth-order valence-corrected chi connectivity index (χ4v) is 5.38. The molecule has 0 fully saturated rings. The van der Waals surface area contributed by atoms with Gasteiger partial charge < -0.3 is 14.8 Å². The molecule has 1 aliphatic carbocycles. The van der Waals surface area contributed by atoms with Gasteiger partial charge in [-0.3, -0.25) is 9.10 Å². The second-order valence-corrected chi connectivity index (χ2v) is 10.1. The van der Waals surface area contributed by atoms with Gasteiger partial charge in [0.1, 0.15) is 6.04 Å². The molecule has 0 saturated carbocycles. The lowest BCUT2D eigenvalue weighted by Gasteiger charge is -2.30. The minimum absolute atomic E-state index is 0.246. The van der Waals surface area contributed by atoms with Crippen molar-refractivity contribution < 1.29 is 22.7 Å². The molecule has 0 spiro atoms. The van der Waals surface area contributed by atoms with E-state index in [0.29, 0.717) is 17.2 Å². The Balaban J connectivity index is 1.82. The summed E-state index contributed by atoms with van der Waals surface area (Å²) in [6.45, 7) is 3.49. The van der Waals surface area contributed by atoms with Crippen molar-refractivity contribution in [3.63, 3.8) is 0 Å². The highest BCUT2D eigenvalue weighted by Crippen LogP contribution is 2.33. The molecule has 1 amide bonds. The van der Waals surface area contributed by atoms with Gasteiger partial charge in [0.15, 0.2) is 11.5 Å². The summed E-state index contributed by atoms with van der Waals surface area (Å²) < 4.78 is 36.9. The molecule has 0 radical (unpaired) electrons. The van der Waals surface area contributed by atoms with Crippen LogP contribution in [0.25, 0.3) is 0 Å². The number of carbonyl (C=O) groups excluding carboxylic acids is 1. The van der Waals surface area contributed by atoms with Crippen LogP contribution in [0.3, 0.4) is 0 Å². The average molecular weight is 461 g/mol. The molecule has 2 aromatic carbocycles. The zero-order chi connectivity index (χ0) is 23.5. The largest absolute Gasteiger partial charge is 0.493 e. The lowest BCUT2D eigenvalue weighted by atomic mass is 9.89. The predicted molar refractivity (Wildman–Crippen MR) is 126 cm³/mol. The highest BCUT2D eigenvalue weighted by molar-refractivity contribution is 7.92. The van der Waals surface area contributed by atoms with Crippen molar-refractivity contribution in [2.24, 2.45) is 0 Å². The van der Waals surface area contributed by atoms with Crippen molar-refractivity contribution in [3.05, 3.63) is 53.1 Å². The van der Waals surface area contributed by atoms with Gasteiger partial charge in [0.2, 0.25) is 15.9 Å². The molecule has 0 heterocycles. The molecule has 7 nitrogen and oxygen atoms in total. The van der Waals surface area contributed by atoms with Crippen LogP contribution in [0.15, 0.2) is 36.4 Å². The molecular formula is C24H32N2O5S. The maximum Gasteiger partial charge on any atom is 0.244 e. The summed E-state index contributed by atoms with van der Waals surface area (Å²) in [5, 5.41) is 2.98. The Bertz CT molecular complexity index is 1080. The molecule has 8 heteroatoms. The van der Waals surface area contributed by atoms with Crippen LogP contribution in [0.2, 0.25) is 0 Å². The molecule has 3 rings (SSSR count). The molecule has 0 bridgehead atoms. The fourth-order valence-electron chi connectivity index (χ4n) is 4.21. The Hall–Kier alpha value is -2.74. The maximum atomic E-state index is 13.1. The van der Waals surface area contributed by atoms with Crippen LogP contribution in [-0.4, -0.2) is 40.8 Å². The number of methoxy groups -OCH3 is 2. The Kier molecular flexibility index (Phi) is 7.33. The number of sulfonamides is 1. The summed E-state index contributed by atoms with van der Waals surface area (Å²) in [5.74, 6) is 0.479. The van der Waals surface area contributed by atoms with Gasteiger partial charge in [-0.25, -0.2) is 8.42 Å². The van der Waals surface area contributed by atoms with E-state index in [1.54, 1.807) is 25.1 Å². The summed E-state index contributed by atoms with van der Waals surface area (Å²) >= 11 is 0. The van der Waals surface area contributed by atoms with Gasteiger partial charge in [-0.1, -0.05) is 18.2 Å². The van der Waals surface area contributed by atoms with E-state index in [9.17, 15) is 13.2 Å². The number of anilines is 1. The maximum absolute atomic E-state index is 13.1. The van der Waals surface area contributed by atoms with Gasteiger partial charge in [-0.2, -0.15) is 0 Å². The van der Waals surface area contributed by atoms with Gasteiger partial charge >= 0.3 is 0 Å². The summed E-state index contributed by atoms with van der Waals surface area (Å²) in [6, 6.07) is 9.91. The number of ether oxygens (including phenoxy) is 2. The zero-order valence-corrected chi connectivity index (χ0v) is 20.2. The third kappa shape index (κ3) is 5.18. The first-order valence-electron chi connectivity index (χ1n) is 10.8. The Morgan fingerprint density at radius 2 is 1.62 bits per heavy atom. The summed E-state index contributed by atoms with van der Waals surface area (Å²) in [5.41, 5.74) is 4.06. The van der Waals surface area contributed by atoms with Crippen LogP contribution in [0.1, 0.15) is 49.4 Å². The summed E-state index contributed by atoms with van der Waals surface area (Å²) in [7, 11) is -0.764. The number of nitrogens with zero attached hydrogens (tertiary/aromatic N) is 1. The number of rotatable bonds is 8. The van der Waals surface area contributed by atoms with E-state index in [0.717, 1.165) is 29.0 Å². The van der Waals surface area contributed by atoms with Crippen LogP contribution < -0.4 is 19.1 Å². The van der Waals surface area contributed by atoms with Crippen molar-refractivity contribution in [1.82, 2.24) is 5.32 Å². The third-order valence-corrected chi connectivity index (χ3v) is 7.18. The van der Waals surface area contributed by atoms with Crippen molar-refractivity contribution in [2.75, 3.05) is 24.8 Å². The Morgan fingerprint density at radius 3 is 2.25 bits per heavy atom. The van der Waals surface area contributed by atoms with Crippen molar-refractivity contribution in [3.8, 4) is 11.5 Å². The molecule has 1 N–H and O–H groups in total. The van der Waals surface area contributed by atoms with E-state index in [2.05, 4.69) is 17.4 Å². The number of carbonyl (C=O) groups is 1. The lowest BCUT2D eigenvalue weighted by Crippen LogP contribution is -2.48. The average Bonchev–Trinajstić information content (AvgIpc) is 2.77. The van der Waals surface area contributed by atoms with Gasteiger partial charge in [0, 0.05) is 6.07 Å². The van der Waals surface area contributed by atoms with Gasteiger partial charge in [-0.05, 0) is 68.4 Å². The first kappa shape index (κ1) is 23.9. The summed E-state index contributed by atoms with van der Waals surface area (Å²) in [4.78, 5) is 13.1. The van der Waals surface area contributed by atoms with Crippen molar-refractivity contribution in [1.29, 1.82) is 0 Å². The minimum Gasteiger partial charge on any atom is -0.493 e. The van der Waals surface area contributed by atoms with E-state index in [-0.39, 0.29) is 11.9 Å². The highest BCUT2D eigenvalue weighted by atomic mass is 32.2. The topological polar surface area (TPSA) is 84.9 Å². The van der Waals surface area contributed by atoms with Gasteiger partial charge in [0.05, 0.1) is 32.2 Å². The predicted octanol–water partition coefficient (Wildman–Crippen LogP) is 3.61. The van der Waals surface area contributed by atoms with Crippen LogP contribution in [0.5, 0.6) is 11.5 Å². The number of benzene rings is 2. The first-order valence-corrected chi connectivity index (χ1v) is 12.6. The van der Waals surface area contributed by atoms with Crippen LogP contribution in [-0.2, 0) is 27.7 Å². The van der Waals surface area contributed by atoms with E-state index in [4.69, 9.17) is 9.47 Å². The second-order valence-electron chi connectivity index (χ2n) is 8.24. The highest BCUT2D eigenvalue weighted by Gasteiger charge is 2.30. The summed E-state index contributed by atoms with van der Waals surface area (Å²) in [6.07, 6.45) is 5.64. The van der Waals surface area contributed by atoms with E-state index < -0.39 is 16.1 Å². The lowest BCUT2D eigenvalue weighted by molar-refractivity contribution is -0.122. The number of nitrogens with one attached hydrogen (secondary N) is 1. The van der Waals surface area contributed by atoms with Crippen LogP contribution in [0, 0.1) is 0 Å². The first-order chi connectivity index (χ1) is 15.2. The molecule has 0 saturated heterocycles. The molecule has 2 unspecified atom stereocenters. The normalized spacial score (nSPS) is 15.3. The number of hydrogen-bond acceptors (Lipinski definition) is 5. The molecule has 174 valence electrons. The van der Waals surface area contributed by atoms with Gasteiger partial charge in [-0.15, -0.1) is 0 Å². The minimum atomic E-state index is -3.74. The van der Waals surface area contributed by atoms with Gasteiger partial charge in [0.25, 0.3) is 0 Å². The second kappa shape index (κ2) is 9.81. The number of fused-ring (bicyclic) bond motifs is 1. The van der Waals surface area contributed by atoms with E-state index >= 15 is 0 Å².